The van der Waals surface area contributed by atoms with Crippen molar-refractivity contribution in [2.75, 3.05) is 18.5 Å². The van der Waals surface area contributed by atoms with Crippen LogP contribution in [0.3, 0.4) is 0 Å². The molecule has 0 saturated carbocycles. The number of ether oxygens (including phenoxy) is 1. The summed E-state index contributed by atoms with van der Waals surface area (Å²) in [6, 6.07) is 8.06. The van der Waals surface area contributed by atoms with Crippen LogP contribution in [0.1, 0.15) is 6.92 Å². The number of para-hydroxylation sites is 2. The fraction of sp³-hybridized carbons (Fsp3) is 0.400. The van der Waals surface area contributed by atoms with E-state index in [9.17, 15) is 0 Å². The summed E-state index contributed by atoms with van der Waals surface area (Å²) in [5.41, 5.74) is 1.11. The van der Waals surface area contributed by atoms with Gasteiger partial charge < -0.3 is 10.1 Å². The maximum absolute atomic E-state index is 5.60. The fourth-order valence-corrected chi connectivity index (χ4v) is 1.31. The maximum Gasteiger partial charge on any atom is 0.142 e. The quantitative estimate of drug-likeness (QED) is 0.632. The predicted octanol–water partition coefficient (Wildman–Crippen LogP) is 2.13. The Morgan fingerprint density at radius 2 is 2.25 bits per heavy atom. The van der Waals surface area contributed by atoms with E-state index in [1.807, 2.05) is 24.3 Å². The third-order valence-electron chi connectivity index (χ3n) is 2.05. The van der Waals surface area contributed by atoms with Crippen molar-refractivity contribution in [1.82, 2.24) is 0 Å². The molecule has 1 atom stereocenters. The van der Waals surface area contributed by atoms with Crippen molar-refractivity contribution in [3.05, 3.63) is 24.3 Å². The first-order valence-corrected chi connectivity index (χ1v) is 4.32. The van der Waals surface area contributed by atoms with Crippen LogP contribution in [-0.2, 0) is 0 Å². The van der Waals surface area contributed by atoms with Gasteiger partial charge in [-0.25, -0.2) is 0 Å². The monoisotopic (exact) mass is 163 g/mol. The second kappa shape index (κ2) is 3.05. The molecule has 0 bridgehead atoms. The highest BCUT2D eigenvalue weighted by atomic mass is 16.5. The van der Waals surface area contributed by atoms with Crippen molar-refractivity contribution in [2.45, 2.75) is 6.92 Å². The van der Waals surface area contributed by atoms with E-state index in [1.165, 1.54) is 0 Å². The SMILES string of the molecule is C[C@H]1CNc2ccccc2OC1. The average molecular weight is 163 g/mol. The van der Waals surface area contributed by atoms with Crippen LogP contribution in [0.5, 0.6) is 5.75 Å². The highest BCUT2D eigenvalue weighted by Crippen LogP contribution is 2.26. The van der Waals surface area contributed by atoms with Crippen molar-refractivity contribution >= 4 is 5.69 Å². The minimum atomic E-state index is 0.581. The van der Waals surface area contributed by atoms with Crippen LogP contribution in [0.4, 0.5) is 5.69 Å². The van der Waals surface area contributed by atoms with Crippen LogP contribution < -0.4 is 10.1 Å². The van der Waals surface area contributed by atoms with Gasteiger partial charge in [0.15, 0.2) is 0 Å². The van der Waals surface area contributed by atoms with E-state index in [4.69, 9.17) is 4.74 Å². The number of nitrogens with one attached hydrogen (secondary N) is 1. The summed E-state index contributed by atoms with van der Waals surface area (Å²) in [4.78, 5) is 0. The van der Waals surface area contributed by atoms with Gasteiger partial charge in [-0.2, -0.15) is 0 Å². The minimum absolute atomic E-state index is 0.581. The minimum Gasteiger partial charge on any atom is -0.491 e. The number of fused-ring (bicyclic) bond motifs is 1. The first-order valence-electron chi connectivity index (χ1n) is 4.32. The van der Waals surface area contributed by atoms with E-state index in [1.54, 1.807) is 0 Å². The molecule has 1 aromatic rings. The zero-order valence-electron chi connectivity index (χ0n) is 7.21. The van der Waals surface area contributed by atoms with Gasteiger partial charge in [0.2, 0.25) is 0 Å². The molecular weight excluding hydrogens is 150 g/mol. The number of benzene rings is 1. The first-order chi connectivity index (χ1) is 5.86. The topological polar surface area (TPSA) is 21.3 Å². The van der Waals surface area contributed by atoms with Crippen LogP contribution in [0.25, 0.3) is 0 Å². The van der Waals surface area contributed by atoms with Gasteiger partial charge >= 0.3 is 0 Å². The zero-order valence-corrected chi connectivity index (χ0v) is 7.21. The van der Waals surface area contributed by atoms with E-state index < -0.39 is 0 Å². The summed E-state index contributed by atoms with van der Waals surface area (Å²) >= 11 is 0. The molecule has 2 heteroatoms. The van der Waals surface area contributed by atoms with Crippen molar-refractivity contribution in [3.8, 4) is 5.75 Å². The third kappa shape index (κ3) is 1.37. The fourth-order valence-electron chi connectivity index (χ4n) is 1.31. The Balaban J connectivity index is 2.26. The van der Waals surface area contributed by atoms with Crippen LogP contribution in [0, 0.1) is 5.92 Å². The second-order valence-corrected chi connectivity index (χ2v) is 3.29. The van der Waals surface area contributed by atoms with Crippen molar-refractivity contribution in [3.63, 3.8) is 0 Å². The van der Waals surface area contributed by atoms with E-state index in [2.05, 4.69) is 12.2 Å². The number of hydrogen-bond acceptors (Lipinski definition) is 2. The Hall–Kier alpha value is -1.18. The lowest BCUT2D eigenvalue weighted by Gasteiger charge is -2.05. The largest absolute Gasteiger partial charge is 0.491 e. The van der Waals surface area contributed by atoms with Gasteiger partial charge in [-0.15, -0.1) is 0 Å². The van der Waals surface area contributed by atoms with Crippen molar-refractivity contribution in [1.29, 1.82) is 0 Å². The Labute approximate surface area is 72.5 Å². The summed E-state index contributed by atoms with van der Waals surface area (Å²) in [5.74, 6) is 1.55. The van der Waals surface area contributed by atoms with Crippen molar-refractivity contribution < 1.29 is 4.74 Å². The highest BCUT2D eigenvalue weighted by Gasteiger charge is 2.11. The lowest BCUT2D eigenvalue weighted by Crippen LogP contribution is -2.13. The highest BCUT2D eigenvalue weighted by molar-refractivity contribution is 5.56. The molecule has 1 aromatic carbocycles. The normalized spacial score (nSPS) is 21.6. The molecule has 2 nitrogen and oxygen atoms in total. The molecule has 1 heterocycles. The molecule has 2 rings (SSSR count). The smallest absolute Gasteiger partial charge is 0.142 e. The van der Waals surface area contributed by atoms with Gasteiger partial charge in [0, 0.05) is 12.5 Å². The molecule has 0 spiro atoms. The molecule has 0 aromatic heterocycles. The van der Waals surface area contributed by atoms with Crippen LogP contribution >= 0.6 is 0 Å². The molecule has 64 valence electrons. The van der Waals surface area contributed by atoms with E-state index in [0.29, 0.717) is 5.92 Å². The molecule has 1 N–H and O–H groups in total. The zero-order chi connectivity index (χ0) is 8.39. The molecule has 0 saturated heterocycles. The summed E-state index contributed by atoms with van der Waals surface area (Å²) in [7, 11) is 0. The van der Waals surface area contributed by atoms with Gasteiger partial charge in [-0.1, -0.05) is 19.1 Å². The molecular formula is C10H13NO. The maximum atomic E-state index is 5.60. The second-order valence-electron chi connectivity index (χ2n) is 3.29. The molecule has 12 heavy (non-hydrogen) atoms. The number of anilines is 1. The molecule has 1 aliphatic heterocycles. The van der Waals surface area contributed by atoms with Gasteiger partial charge in [-0.05, 0) is 12.1 Å². The lowest BCUT2D eigenvalue weighted by atomic mass is 10.2. The lowest BCUT2D eigenvalue weighted by molar-refractivity contribution is 0.275. The molecule has 0 fully saturated rings. The average Bonchev–Trinajstić information content (AvgIpc) is 2.29. The van der Waals surface area contributed by atoms with Crippen LogP contribution in [-0.4, -0.2) is 13.2 Å². The number of rotatable bonds is 0. The third-order valence-corrected chi connectivity index (χ3v) is 2.05. The van der Waals surface area contributed by atoms with Crippen LogP contribution in [0.2, 0.25) is 0 Å². The van der Waals surface area contributed by atoms with Crippen LogP contribution in [0.15, 0.2) is 24.3 Å². The van der Waals surface area contributed by atoms with E-state index in [0.717, 1.165) is 24.6 Å². The first kappa shape index (κ1) is 7.47. The Kier molecular flexibility index (Phi) is 1.90. The van der Waals surface area contributed by atoms with E-state index in [-0.39, 0.29) is 0 Å². The Bertz CT molecular complexity index is 245. The summed E-state index contributed by atoms with van der Waals surface area (Å²) in [6.45, 7) is 3.99. The van der Waals surface area contributed by atoms with Gasteiger partial charge in [0.05, 0.1) is 12.3 Å². The van der Waals surface area contributed by atoms with E-state index >= 15 is 0 Å². The molecule has 0 amide bonds. The predicted molar refractivity (Wildman–Crippen MR) is 49.6 cm³/mol. The van der Waals surface area contributed by atoms with Gasteiger partial charge in [-0.3, -0.25) is 0 Å². The molecule has 0 unspecified atom stereocenters. The van der Waals surface area contributed by atoms with Crippen molar-refractivity contribution in [2.24, 2.45) is 5.92 Å². The summed E-state index contributed by atoms with van der Waals surface area (Å²) in [5, 5.41) is 3.35. The molecule has 0 aliphatic carbocycles. The summed E-state index contributed by atoms with van der Waals surface area (Å²) in [6.07, 6.45) is 0. The molecule has 1 aliphatic rings. The summed E-state index contributed by atoms with van der Waals surface area (Å²) < 4.78 is 5.60. The van der Waals surface area contributed by atoms with Gasteiger partial charge in [0.1, 0.15) is 5.75 Å². The number of hydrogen-bond donors (Lipinski definition) is 1. The van der Waals surface area contributed by atoms with Gasteiger partial charge in [0.25, 0.3) is 0 Å². The molecule has 0 radical (unpaired) electrons. The Morgan fingerprint density at radius 1 is 1.42 bits per heavy atom. The standard InChI is InChI=1S/C10H13NO/c1-8-6-11-9-4-2-3-5-10(9)12-7-8/h2-5,8,11H,6-7H2,1H3/t8-/m0/s1. The Morgan fingerprint density at radius 3 is 3.17 bits per heavy atom.